The van der Waals surface area contributed by atoms with Gasteiger partial charge in [-0.2, -0.15) is 4.31 Å². The fraction of sp³-hybridized carbons (Fsp3) is 0.611. The van der Waals surface area contributed by atoms with Crippen molar-refractivity contribution in [2.24, 2.45) is 0 Å². The number of hydrogen-bond acceptors (Lipinski definition) is 6. The summed E-state index contributed by atoms with van der Waals surface area (Å²) in [5.74, 6) is 0.471. The maximum absolute atomic E-state index is 12.9. The van der Waals surface area contributed by atoms with E-state index in [0.29, 0.717) is 45.6 Å². The molecule has 1 aromatic carbocycles. The Bertz CT molecular complexity index is 951. The van der Waals surface area contributed by atoms with Crippen LogP contribution in [-0.4, -0.2) is 82.2 Å². The number of rotatable bonds is 4. The summed E-state index contributed by atoms with van der Waals surface area (Å²) in [4.78, 5) is 15.8. The maximum atomic E-state index is 12.9. The van der Waals surface area contributed by atoms with Gasteiger partial charge in [-0.3, -0.25) is 9.69 Å². The van der Waals surface area contributed by atoms with Crippen LogP contribution >= 0.6 is 0 Å². The second kappa shape index (κ2) is 7.40. The van der Waals surface area contributed by atoms with Gasteiger partial charge in [0.15, 0.2) is 9.84 Å². The van der Waals surface area contributed by atoms with Gasteiger partial charge in [0, 0.05) is 50.9 Å². The third-order valence-corrected chi connectivity index (χ3v) is 9.52. The molecule has 0 aliphatic carbocycles. The zero-order valence-corrected chi connectivity index (χ0v) is 17.3. The molecule has 28 heavy (non-hydrogen) atoms. The molecule has 3 heterocycles. The van der Waals surface area contributed by atoms with Gasteiger partial charge >= 0.3 is 0 Å². The van der Waals surface area contributed by atoms with Gasteiger partial charge in [0.2, 0.25) is 15.9 Å². The van der Waals surface area contributed by atoms with Gasteiger partial charge in [-0.15, -0.1) is 0 Å². The van der Waals surface area contributed by atoms with Crippen molar-refractivity contribution in [3.63, 3.8) is 0 Å². The third-order valence-electron chi connectivity index (χ3n) is 5.86. The van der Waals surface area contributed by atoms with Crippen molar-refractivity contribution in [3.05, 3.63) is 24.3 Å². The molecule has 0 N–H and O–H groups in total. The quantitative estimate of drug-likeness (QED) is 0.686. The van der Waals surface area contributed by atoms with Crippen molar-refractivity contribution in [3.8, 4) is 0 Å². The largest absolute Gasteiger partial charge is 0.312 e. The predicted molar refractivity (Wildman–Crippen MR) is 105 cm³/mol. The summed E-state index contributed by atoms with van der Waals surface area (Å²) in [6, 6.07) is 6.51. The number of carbonyl (C=O) groups is 1. The Morgan fingerprint density at radius 3 is 2.18 bits per heavy atom. The van der Waals surface area contributed by atoms with Crippen molar-refractivity contribution >= 4 is 31.5 Å². The number of sulfonamides is 1. The summed E-state index contributed by atoms with van der Waals surface area (Å²) in [5, 5.41) is 0. The lowest BCUT2D eigenvalue weighted by atomic mass is 10.2. The van der Waals surface area contributed by atoms with Gasteiger partial charge in [0.05, 0.1) is 16.4 Å². The van der Waals surface area contributed by atoms with Crippen molar-refractivity contribution in [1.82, 2.24) is 9.21 Å². The average molecular weight is 428 g/mol. The lowest BCUT2D eigenvalue weighted by molar-refractivity contribution is -0.117. The highest BCUT2D eigenvalue weighted by atomic mass is 32.2. The Morgan fingerprint density at radius 1 is 0.964 bits per heavy atom. The van der Waals surface area contributed by atoms with Gasteiger partial charge in [-0.1, -0.05) is 0 Å². The van der Waals surface area contributed by atoms with Gasteiger partial charge in [0.25, 0.3) is 0 Å². The Balaban J connectivity index is 1.41. The Kier molecular flexibility index (Phi) is 5.24. The van der Waals surface area contributed by atoms with Crippen LogP contribution in [0, 0.1) is 0 Å². The van der Waals surface area contributed by atoms with E-state index in [1.807, 2.05) is 0 Å². The zero-order valence-electron chi connectivity index (χ0n) is 15.7. The van der Waals surface area contributed by atoms with Gasteiger partial charge in [-0.05, 0) is 37.1 Å². The smallest absolute Gasteiger partial charge is 0.243 e. The maximum Gasteiger partial charge on any atom is 0.243 e. The summed E-state index contributed by atoms with van der Waals surface area (Å²) in [6.07, 6.45) is 1.99. The SMILES string of the molecule is O=C1CCCN1c1ccc(S(=O)(=O)N2CCN(C3CCS(=O)(=O)C3)CC2)cc1. The average Bonchev–Trinajstić information content (AvgIpc) is 3.27. The van der Waals surface area contributed by atoms with Gasteiger partial charge in [0.1, 0.15) is 0 Å². The highest BCUT2D eigenvalue weighted by Crippen LogP contribution is 2.26. The molecule has 10 heteroatoms. The van der Waals surface area contributed by atoms with E-state index in [1.54, 1.807) is 29.2 Å². The first-order chi connectivity index (χ1) is 13.3. The van der Waals surface area contributed by atoms with E-state index in [2.05, 4.69) is 4.90 Å². The van der Waals surface area contributed by atoms with Gasteiger partial charge < -0.3 is 4.90 Å². The molecule has 1 aromatic rings. The van der Waals surface area contributed by atoms with E-state index < -0.39 is 19.9 Å². The number of piperazine rings is 1. The second-order valence-electron chi connectivity index (χ2n) is 7.64. The van der Waals surface area contributed by atoms with Gasteiger partial charge in [-0.25, -0.2) is 16.8 Å². The predicted octanol–water partition coefficient (Wildman–Crippen LogP) is 0.307. The van der Waals surface area contributed by atoms with E-state index in [4.69, 9.17) is 0 Å². The van der Waals surface area contributed by atoms with E-state index >= 15 is 0 Å². The van der Waals surface area contributed by atoms with Crippen molar-refractivity contribution < 1.29 is 21.6 Å². The van der Waals surface area contributed by atoms with E-state index in [0.717, 1.165) is 12.1 Å². The van der Waals surface area contributed by atoms with E-state index in [9.17, 15) is 21.6 Å². The monoisotopic (exact) mass is 427 g/mol. The normalized spacial score (nSPS) is 26.8. The molecule has 0 aromatic heterocycles. The molecule has 4 rings (SSSR count). The summed E-state index contributed by atoms with van der Waals surface area (Å²) in [5.41, 5.74) is 0.730. The van der Waals surface area contributed by atoms with Crippen LogP contribution in [0.25, 0.3) is 0 Å². The summed E-state index contributed by atoms with van der Waals surface area (Å²) in [6.45, 7) is 2.46. The molecular formula is C18H25N3O5S2. The molecule has 3 aliphatic rings. The molecule has 0 bridgehead atoms. The molecule has 154 valence electrons. The minimum Gasteiger partial charge on any atom is -0.312 e. The topological polar surface area (TPSA) is 95.1 Å². The molecule has 3 saturated heterocycles. The van der Waals surface area contributed by atoms with Crippen LogP contribution < -0.4 is 4.90 Å². The first-order valence-electron chi connectivity index (χ1n) is 9.61. The molecule has 8 nitrogen and oxygen atoms in total. The Labute approximate surface area is 166 Å². The highest BCUT2D eigenvalue weighted by molar-refractivity contribution is 7.91. The van der Waals surface area contributed by atoms with Crippen LogP contribution in [-0.2, 0) is 24.7 Å². The molecular weight excluding hydrogens is 402 g/mol. The summed E-state index contributed by atoms with van der Waals surface area (Å²) >= 11 is 0. The zero-order chi connectivity index (χ0) is 19.9. The minimum absolute atomic E-state index is 0.00661. The molecule has 1 unspecified atom stereocenters. The highest BCUT2D eigenvalue weighted by Gasteiger charge is 2.36. The molecule has 3 aliphatic heterocycles. The number of anilines is 1. The number of hydrogen-bond donors (Lipinski definition) is 0. The lowest BCUT2D eigenvalue weighted by Crippen LogP contribution is -2.52. The lowest BCUT2D eigenvalue weighted by Gasteiger charge is -2.37. The summed E-state index contributed by atoms with van der Waals surface area (Å²) in [7, 11) is -6.55. The third kappa shape index (κ3) is 3.83. The molecule has 0 spiro atoms. The van der Waals surface area contributed by atoms with Crippen LogP contribution in [0.15, 0.2) is 29.2 Å². The van der Waals surface area contributed by atoms with Crippen LogP contribution in [0.2, 0.25) is 0 Å². The number of amides is 1. The molecule has 1 atom stereocenters. The van der Waals surface area contributed by atoms with Crippen molar-refractivity contribution in [2.45, 2.75) is 30.2 Å². The second-order valence-corrected chi connectivity index (χ2v) is 11.8. The Hall–Kier alpha value is -1.49. The van der Waals surface area contributed by atoms with Crippen LogP contribution in [0.3, 0.4) is 0 Å². The first-order valence-corrected chi connectivity index (χ1v) is 12.9. The summed E-state index contributed by atoms with van der Waals surface area (Å²) < 4.78 is 50.7. The fourth-order valence-electron chi connectivity index (χ4n) is 4.24. The molecule has 0 saturated carbocycles. The number of sulfone groups is 1. The van der Waals surface area contributed by atoms with Crippen molar-refractivity contribution in [2.75, 3.05) is 49.1 Å². The molecule has 0 radical (unpaired) electrons. The number of nitrogens with zero attached hydrogens (tertiary/aromatic N) is 3. The first kappa shape index (κ1) is 19.8. The standard InChI is InChI=1S/C18H25N3O5S2/c22-18-2-1-8-21(18)15-3-5-17(6-4-15)28(25,26)20-11-9-19(10-12-20)16-7-13-27(23,24)14-16/h3-6,16H,1-2,7-14H2. The van der Waals surface area contributed by atoms with Crippen molar-refractivity contribution in [1.29, 1.82) is 0 Å². The molecule has 3 fully saturated rings. The fourth-order valence-corrected chi connectivity index (χ4v) is 7.42. The minimum atomic E-state index is -3.60. The number of carbonyl (C=O) groups excluding carboxylic acids is 1. The molecule has 1 amide bonds. The van der Waals surface area contributed by atoms with E-state index in [-0.39, 0.29) is 28.4 Å². The van der Waals surface area contributed by atoms with Crippen LogP contribution in [0.4, 0.5) is 5.69 Å². The number of benzene rings is 1. The van der Waals surface area contributed by atoms with Crippen LogP contribution in [0.1, 0.15) is 19.3 Å². The van der Waals surface area contributed by atoms with Crippen LogP contribution in [0.5, 0.6) is 0 Å². The van der Waals surface area contributed by atoms with E-state index in [1.165, 1.54) is 4.31 Å². The Morgan fingerprint density at radius 2 is 1.64 bits per heavy atom.